The van der Waals surface area contributed by atoms with Gasteiger partial charge in [-0.25, -0.2) is 9.78 Å². The lowest BCUT2D eigenvalue weighted by atomic mass is 10.0. The Kier molecular flexibility index (Phi) is 3.96. The first-order chi connectivity index (χ1) is 10.2. The Labute approximate surface area is 127 Å². The van der Waals surface area contributed by atoms with Crippen LogP contribution in [0.2, 0.25) is 0 Å². The Balaban J connectivity index is 1.73. The Morgan fingerprint density at radius 3 is 3.14 bits per heavy atom. The molecule has 1 unspecified atom stereocenters. The zero-order valence-corrected chi connectivity index (χ0v) is 13.1. The first kappa shape index (κ1) is 14.1. The molecule has 3 rings (SSSR count). The molecule has 1 saturated heterocycles. The molecule has 1 aromatic carbocycles. The second kappa shape index (κ2) is 5.89. The number of anilines is 1. The molecule has 2 amide bonds. The molecule has 0 bridgehead atoms. The van der Waals surface area contributed by atoms with Crippen molar-refractivity contribution in [3.8, 4) is 5.75 Å². The highest BCUT2D eigenvalue weighted by Gasteiger charge is 2.21. The second-order valence-corrected chi connectivity index (χ2v) is 6.51. The highest BCUT2D eigenvalue weighted by atomic mass is 32.1. The monoisotopic (exact) mass is 305 g/mol. The molecule has 0 saturated carbocycles. The van der Waals surface area contributed by atoms with Crippen LogP contribution in [0.1, 0.15) is 19.8 Å². The van der Waals surface area contributed by atoms with Crippen LogP contribution in [-0.4, -0.2) is 36.1 Å². The summed E-state index contributed by atoms with van der Waals surface area (Å²) in [5.74, 6) is 1.37. The van der Waals surface area contributed by atoms with Crippen LogP contribution < -0.4 is 10.1 Å². The zero-order valence-electron chi connectivity index (χ0n) is 12.3. The Morgan fingerprint density at radius 2 is 2.38 bits per heavy atom. The van der Waals surface area contributed by atoms with Gasteiger partial charge in [-0.15, -0.1) is 0 Å². The van der Waals surface area contributed by atoms with Crippen molar-refractivity contribution in [1.82, 2.24) is 9.88 Å². The third kappa shape index (κ3) is 3.10. The van der Waals surface area contributed by atoms with E-state index in [1.807, 2.05) is 23.1 Å². The van der Waals surface area contributed by atoms with E-state index in [1.165, 1.54) is 17.8 Å². The maximum atomic E-state index is 12.3. The summed E-state index contributed by atoms with van der Waals surface area (Å²) in [5.41, 5.74) is 0.878. The number of amides is 2. The minimum atomic E-state index is -0.0485. The first-order valence-electron chi connectivity index (χ1n) is 7.16. The van der Waals surface area contributed by atoms with Gasteiger partial charge in [0.1, 0.15) is 5.75 Å². The van der Waals surface area contributed by atoms with Crippen LogP contribution in [0.4, 0.5) is 9.93 Å². The molecule has 1 atom stereocenters. The maximum Gasteiger partial charge on any atom is 0.323 e. The number of thiazole rings is 1. The van der Waals surface area contributed by atoms with Crippen molar-refractivity contribution in [2.45, 2.75) is 19.8 Å². The van der Waals surface area contributed by atoms with Gasteiger partial charge in [0, 0.05) is 13.1 Å². The molecule has 5 nitrogen and oxygen atoms in total. The Bertz CT molecular complexity index is 655. The number of ether oxygens (including phenoxy) is 1. The summed E-state index contributed by atoms with van der Waals surface area (Å²) < 4.78 is 6.21. The number of likely N-dealkylation sites (tertiary alicyclic amines) is 1. The Hall–Kier alpha value is -1.82. The van der Waals surface area contributed by atoms with Crippen molar-refractivity contribution in [3.63, 3.8) is 0 Å². The summed E-state index contributed by atoms with van der Waals surface area (Å²) in [7, 11) is 1.64. The number of carbonyl (C=O) groups is 1. The number of methoxy groups -OCH3 is 1. The fourth-order valence-electron chi connectivity index (χ4n) is 2.63. The van der Waals surface area contributed by atoms with Gasteiger partial charge in [-0.1, -0.05) is 18.3 Å². The van der Waals surface area contributed by atoms with E-state index in [1.54, 1.807) is 7.11 Å². The van der Waals surface area contributed by atoms with Crippen molar-refractivity contribution in [1.29, 1.82) is 0 Å². The minimum absolute atomic E-state index is 0.0485. The second-order valence-electron chi connectivity index (χ2n) is 5.48. The van der Waals surface area contributed by atoms with Gasteiger partial charge in [-0.2, -0.15) is 0 Å². The molecule has 0 radical (unpaired) electrons. The van der Waals surface area contributed by atoms with Gasteiger partial charge in [-0.05, 0) is 37.0 Å². The number of benzene rings is 1. The zero-order chi connectivity index (χ0) is 14.8. The third-order valence-electron chi connectivity index (χ3n) is 3.75. The van der Waals surface area contributed by atoms with Gasteiger partial charge in [0.05, 0.1) is 17.3 Å². The van der Waals surface area contributed by atoms with E-state index < -0.39 is 0 Å². The van der Waals surface area contributed by atoms with E-state index in [0.29, 0.717) is 11.0 Å². The number of nitrogens with zero attached hydrogens (tertiary/aromatic N) is 2. The molecule has 1 fully saturated rings. The third-order valence-corrected chi connectivity index (χ3v) is 4.69. The fourth-order valence-corrected chi connectivity index (χ4v) is 3.51. The molecule has 2 heterocycles. The molecule has 0 aliphatic carbocycles. The predicted octanol–water partition coefficient (Wildman–Crippen LogP) is 3.57. The van der Waals surface area contributed by atoms with E-state index in [2.05, 4.69) is 17.2 Å². The van der Waals surface area contributed by atoms with Crippen molar-refractivity contribution in [3.05, 3.63) is 18.2 Å². The predicted molar refractivity (Wildman–Crippen MR) is 85.2 cm³/mol. The van der Waals surface area contributed by atoms with E-state index in [0.717, 1.165) is 35.5 Å². The lowest BCUT2D eigenvalue weighted by Gasteiger charge is -2.30. The van der Waals surface area contributed by atoms with Gasteiger partial charge in [0.2, 0.25) is 0 Å². The maximum absolute atomic E-state index is 12.3. The molecule has 21 heavy (non-hydrogen) atoms. The quantitative estimate of drug-likeness (QED) is 0.923. The lowest BCUT2D eigenvalue weighted by molar-refractivity contribution is 0.182. The SMILES string of the molecule is COc1ccc2nc(NC(=O)N3CCCC(C)C3)sc2c1. The highest BCUT2D eigenvalue weighted by Crippen LogP contribution is 2.29. The number of piperidine rings is 1. The van der Waals surface area contributed by atoms with Crippen LogP contribution >= 0.6 is 11.3 Å². The van der Waals surface area contributed by atoms with Gasteiger partial charge < -0.3 is 9.64 Å². The molecular formula is C15H19N3O2S. The standard InChI is InChI=1S/C15H19N3O2S/c1-10-4-3-7-18(9-10)15(19)17-14-16-12-6-5-11(20-2)8-13(12)21-14/h5-6,8,10H,3-4,7,9H2,1-2H3,(H,16,17,19). The summed E-state index contributed by atoms with van der Waals surface area (Å²) >= 11 is 1.47. The van der Waals surface area contributed by atoms with Gasteiger partial charge in [0.25, 0.3) is 0 Å². The number of nitrogens with one attached hydrogen (secondary N) is 1. The molecule has 112 valence electrons. The summed E-state index contributed by atoms with van der Waals surface area (Å²) in [5, 5.41) is 3.55. The number of aromatic nitrogens is 1. The molecule has 1 aromatic heterocycles. The van der Waals surface area contributed by atoms with Gasteiger partial charge in [0.15, 0.2) is 5.13 Å². The number of urea groups is 1. The number of rotatable bonds is 2. The van der Waals surface area contributed by atoms with Crippen LogP contribution in [0.15, 0.2) is 18.2 Å². The van der Waals surface area contributed by atoms with Crippen LogP contribution in [0, 0.1) is 5.92 Å². The molecule has 6 heteroatoms. The van der Waals surface area contributed by atoms with Crippen LogP contribution in [0.25, 0.3) is 10.2 Å². The highest BCUT2D eigenvalue weighted by molar-refractivity contribution is 7.22. The molecule has 2 aromatic rings. The summed E-state index contributed by atoms with van der Waals surface area (Å²) in [4.78, 5) is 18.6. The van der Waals surface area contributed by atoms with Crippen LogP contribution in [0.3, 0.4) is 0 Å². The summed E-state index contributed by atoms with van der Waals surface area (Å²) in [6.45, 7) is 3.84. The van der Waals surface area contributed by atoms with Crippen molar-refractivity contribution >= 4 is 32.7 Å². The van der Waals surface area contributed by atoms with E-state index >= 15 is 0 Å². The van der Waals surface area contributed by atoms with Crippen molar-refractivity contribution in [2.75, 3.05) is 25.5 Å². The van der Waals surface area contributed by atoms with Gasteiger partial charge in [-0.3, -0.25) is 5.32 Å². The largest absolute Gasteiger partial charge is 0.497 e. The molecule has 1 N–H and O–H groups in total. The van der Waals surface area contributed by atoms with Crippen molar-refractivity contribution in [2.24, 2.45) is 5.92 Å². The molecule has 0 spiro atoms. The first-order valence-corrected chi connectivity index (χ1v) is 7.98. The van der Waals surface area contributed by atoms with Crippen LogP contribution in [-0.2, 0) is 0 Å². The number of hydrogen-bond acceptors (Lipinski definition) is 4. The van der Waals surface area contributed by atoms with E-state index in [4.69, 9.17) is 4.74 Å². The number of carbonyl (C=O) groups excluding carboxylic acids is 1. The summed E-state index contributed by atoms with van der Waals surface area (Å²) in [6.07, 6.45) is 2.27. The Morgan fingerprint density at radius 1 is 1.52 bits per heavy atom. The number of hydrogen-bond donors (Lipinski definition) is 1. The normalized spacial score (nSPS) is 18.8. The van der Waals surface area contributed by atoms with Crippen LogP contribution in [0.5, 0.6) is 5.75 Å². The van der Waals surface area contributed by atoms with E-state index in [9.17, 15) is 4.79 Å². The summed E-state index contributed by atoms with van der Waals surface area (Å²) in [6, 6.07) is 5.67. The molecular weight excluding hydrogens is 286 g/mol. The topological polar surface area (TPSA) is 54.5 Å². The van der Waals surface area contributed by atoms with Crippen molar-refractivity contribution < 1.29 is 9.53 Å². The lowest BCUT2D eigenvalue weighted by Crippen LogP contribution is -2.41. The average molecular weight is 305 g/mol. The minimum Gasteiger partial charge on any atom is -0.497 e. The molecule has 1 aliphatic rings. The average Bonchev–Trinajstić information content (AvgIpc) is 2.88. The van der Waals surface area contributed by atoms with E-state index in [-0.39, 0.29) is 6.03 Å². The number of fused-ring (bicyclic) bond motifs is 1. The van der Waals surface area contributed by atoms with Gasteiger partial charge >= 0.3 is 6.03 Å². The fraction of sp³-hybridized carbons (Fsp3) is 0.467. The smallest absolute Gasteiger partial charge is 0.323 e. The molecule has 1 aliphatic heterocycles.